The second kappa shape index (κ2) is 2.02. The molecule has 1 saturated heterocycles. The predicted octanol–water partition coefficient (Wildman–Crippen LogP) is 1.54. The van der Waals surface area contributed by atoms with E-state index in [9.17, 15) is 4.79 Å². The van der Waals surface area contributed by atoms with Crippen LogP contribution in [0.3, 0.4) is 0 Å². The zero-order valence-corrected chi connectivity index (χ0v) is 6.65. The summed E-state index contributed by atoms with van der Waals surface area (Å²) in [5, 5.41) is 0.461. The molecule has 1 amide bonds. The second-order valence-corrected chi connectivity index (χ2v) is 3.83. The zero-order chi connectivity index (χ0) is 7.14. The van der Waals surface area contributed by atoms with Crippen molar-refractivity contribution in [1.29, 1.82) is 0 Å². The number of carbonyl (C=O) groups is 1. The summed E-state index contributed by atoms with van der Waals surface area (Å²) < 4.78 is 0. The number of nitrogens with zero attached hydrogens (tertiary/aromatic N) is 1. The van der Waals surface area contributed by atoms with Gasteiger partial charge in [-0.2, -0.15) is 0 Å². The van der Waals surface area contributed by atoms with Crippen molar-refractivity contribution in [3.63, 3.8) is 0 Å². The van der Waals surface area contributed by atoms with Crippen LogP contribution in [0.5, 0.6) is 0 Å². The number of hydrogen-bond donors (Lipinski definition) is 0. The van der Waals surface area contributed by atoms with Crippen molar-refractivity contribution >= 4 is 17.7 Å². The summed E-state index contributed by atoms with van der Waals surface area (Å²) >= 11 is 1.83. The van der Waals surface area contributed by atoms with Crippen molar-refractivity contribution in [2.45, 2.75) is 25.1 Å². The maximum atomic E-state index is 10.8. The first kappa shape index (κ1) is 6.28. The molecule has 0 aromatic carbocycles. The third-order valence-electron chi connectivity index (χ3n) is 1.87. The number of β-lactam (4-membered cyclic amide) rings is 1. The Kier molecular flexibility index (Phi) is 1.27. The van der Waals surface area contributed by atoms with Crippen molar-refractivity contribution in [3.8, 4) is 0 Å². The summed E-state index contributed by atoms with van der Waals surface area (Å²) in [7, 11) is 0. The van der Waals surface area contributed by atoms with Crippen LogP contribution in [0.1, 0.15) is 19.8 Å². The Morgan fingerprint density at radius 1 is 1.90 bits per heavy atom. The fourth-order valence-electron chi connectivity index (χ4n) is 1.19. The molecule has 0 unspecified atom stereocenters. The Hall–Kier alpha value is -0.440. The maximum Gasteiger partial charge on any atom is 0.230 e. The van der Waals surface area contributed by atoms with E-state index in [2.05, 4.69) is 6.92 Å². The SMILES string of the molecule is CCC1=CN2C(=O)C[C@H]2S1. The van der Waals surface area contributed by atoms with Gasteiger partial charge in [0.25, 0.3) is 0 Å². The zero-order valence-electron chi connectivity index (χ0n) is 5.83. The molecule has 2 rings (SSSR count). The molecule has 10 heavy (non-hydrogen) atoms. The van der Waals surface area contributed by atoms with E-state index in [0.717, 1.165) is 12.8 Å². The highest BCUT2D eigenvalue weighted by Crippen LogP contribution is 2.42. The molecular weight excluding hydrogens is 146 g/mol. The molecule has 2 heterocycles. The Balaban J connectivity index is 2.12. The van der Waals surface area contributed by atoms with Crippen LogP contribution >= 0.6 is 11.8 Å². The average Bonchev–Trinajstić information content (AvgIpc) is 2.26. The van der Waals surface area contributed by atoms with Crippen LogP contribution in [0.4, 0.5) is 0 Å². The Bertz CT molecular complexity index is 212. The van der Waals surface area contributed by atoms with E-state index in [-0.39, 0.29) is 5.91 Å². The molecule has 2 aliphatic rings. The van der Waals surface area contributed by atoms with Crippen molar-refractivity contribution in [3.05, 3.63) is 11.1 Å². The van der Waals surface area contributed by atoms with Crippen LogP contribution < -0.4 is 0 Å². The van der Waals surface area contributed by atoms with Gasteiger partial charge < -0.3 is 4.90 Å². The van der Waals surface area contributed by atoms with Crippen LogP contribution in [0.25, 0.3) is 0 Å². The third-order valence-corrected chi connectivity index (χ3v) is 3.23. The number of rotatable bonds is 1. The van der Waals surface area contributed by atoms with E-state index >= 15 is 0 Å². The highest BCUT2D eigenvalue weighted by Gasteiger charge is 2.39. The van der Waals surface area contributed by atoms with E-state index in [1.807, 2.05) is 22.9 Å². The van der Waals surface area contributed by atoms with Gasteiger partial charge in [0.05, 0.1) is 11.8 Å². The van der Waals surface area contributed by atoms with Gasteiger partial charge >= 0.3 is 0 Å². The number of allylic oxidation sites excluding steroid dienone is 1. The molecule has 1 fully saturated rings. The van der Waals surface area contributed by atoms with E-state index in [0.29, 0.717) is 5.37 Å². The Labute approximate surface area is 64.3 Å². The lowest BCUT2D eigenvalue weighted by Crippen LogP contribution is -2.44. The highest BCUT2D eigenvalue weighted by molar-refractivity contribution is 8.04. The smallest absolute Gasteiger partial charge is 0.230 e. The van der Waals surface area contributed by atoms with E-state index in [4.69, 9.17) is 0 Å². The molecule has 2 nitrogen and oxygen atoms in total. The largest absolute Gasteiger partial charge is 0.305 e. The minimum atomic E-state index is 0.279. The first-order valence-corrected chi connectivity index (χ1v) is 4.37. The third kappa shape index (κ3) is 0.700. The van der Waals surface area contributed by atoms with Gasteiger partial charge in [0.1, 0.15) is 0 Å². The van der Waals surface area contributed by atoms with Crippen LogP contribution in [0.15, 0.2) is 11.1 Å². The minimum absolute atomic E-state index is 0.279. The number of carbonyl (C=O) groups excluding carboxylic acids is 1. The van der Waals surface area contributed by atoms with Gasteiger partial charge in [-0.15, -0.1) is 11.8 Å². The number of fused-ring (bicyclic) bond motifs is 1. The van der Waals surface area contributed by atoms with E-state index in [1.54, 1.807) is 0 Å². The topological polar surface area (TPSA) is 20.3 Å². The molecule has 0 aromatic heterocycles. The van der Waals surface area contributed by atoms with Gasteiger partial charge in [-0.25, -0.2) is 0 Å². The fourth-order valence-corrected chi connectivity index (χ4v) is 2.40. The molecule has 1 atom stereocenters. The first-order valence-electron chi connectivity index (χ1n) is 3.50. The highest BCUT2D eigenvalue weighted by atomic mass is 32.2. The van der Waals surface area contributed by atoms with Crippen LogP contribution in [0.2, 0.25) is 0 Å². The summed E-state index contributed by atoms with van der Waals surface area (Å²) in [5.74, 6) is 0.279. The fraction of sp³-hybridized carbons (Fsp3) is 0.571. The Morgan fingerprint density at radius 2 is 2.70 bits per heavy atom. The van der Waals surface area contributed by atoms with Gasteiger partial charge in [-0.05, 0) is 6.42 Å². The average molecular weight is 155 g/mol. The molecule has 54 valence electrons. The molecule has 0 N–H and O–H groups in total. The van der Waals surface area contributed by atoms with E-state index in [1.165, 1.54) is 4.91 Å². The summed E-state index contributed by atoms with van der Waals surface area (Å²) in [6, 6.07) is 0. The van der Waals surface area contributed by atoms with Gasteiger partial charge in [-0.3, -0.25) is 4.79 Å². The number of hydrogen-bond acceptors (Lipinski definition) is 2. The molecule has 2 aliphatic heterocycles. The molecule has 0 bridgehead atoms. The van der Waals surface area contributed by atoms with Gasteiger partial charge in [0, 0.05) is 11.1 Å². The molecule has 0 aliphatic carbocycles. The molecule has 3 heteroatoms. The van der Waals surface area contributed by atoms with Gasteiger partial charge in [0.15, 0.2) is 0 Å². The van der Waals surface area contributed by atoms with E-state index < -0.39 is 0 Å². The van der Waals surface area contributed by atoms with Gasteiger partial charge in [-0.1, -0.05) is 6.92 Å². The summed E-state index contributed by atoms with van der Waals surface area (Å²) in [6.07, 6.45) is 3.79. The molecule has 0 saturated carbocycles. The molecule has 0 spiro atoms. The maximum absolute atomic E-state index is 10.8. The monoisotopic (exact) mass is 155 g/mol. The molecular formula is C7H9NOS. The first-order chi connectivity index (χ1) is 4.81. The van der Waals surface area contributed by atoms with Crippen LogP contribution in [0, 0.1) is 0 Å². The van der Waals surface area contributed by atoms with Crippen LogP contribution in [-0.2, 0) is 4.79 Å². The summed E-state index contributed by atoms with van der Waals surface area (Å²) in [5.41, 5.74) is 0. The van der Waals surface area contributed by atoms with Crippen molar-refractivity contribution in [2.75, 3.05) is 0 Å². The number of amides is 1. The van der Waals surface area contributed by atoms with Gasteiger partial charge in [0.2, 0.25) is 5.91 Å². The predicted molar refractivity (Wildman–Crippen MR) is 41.2 cm³/mol. The van der Waals surface area contributed by atoms with Crippen molar-refractivity contribution in [1.82, 2.24) is 4.90 Å². The van der Waals surface area contributed by atoms with Crippen molar-refractivity contribution < 1.29 is 4.79 Å². The quantitative estimate of drug-likeness (QED) is 0.535. The number of thioether (sulfide) groups is 1. The standard InChI is InChI=1S/C7H9NOS/c1-2-5-4-8-6(9)3-7(8)10-5/h4,7H,2-3H2,1H3/t7-/m1/s1. The second-order valence-electron chi connectivity index (χ2n) is 2.53. The minimum Gasteiger partial charge on any atom is -0.305 e. The molecule has 0 aromatic rings. The summed E-state index contributed by atoms with van der Waals surface area (Å²) in [4.78, 5) is 14.0. The summed E-state index contributed by atoms with van der Waals surface area (Å²) in [6.45, 7) is 2.12. The Morgan fingerprint density at radius 3 is 3.20 bits per heavy atom. The normalized spacial score (nSPS) is 29.7. The lowest BCUT2D eigenvalue weighted by atomic mass is 10.2. The lowest BCUT2D eigenvalue weighted by molar-refractivity contribution is -0.137. The molecule has 0 radical (unpaired) electrons. The van der Waals surface area contributed by atoms with Crippen molar-refractivity contribution in [2.24, 2.45) is 0 Å². The lowest BCUT2D eigenvalue weighted by Gasteiger charge is -2.31. The van der Waals surface area contributed by atoms with Crippen LogP contribution in [-0.4, -0.2) is 16.2 Å².